The smallest absolute Gasteiger partial charge is 0.151 e. The zero-order valence-corrected chi connectivity index (χ0v) is 12.8. The molecule has 0 saturated heterocycles. The molecule has 0 aliphatic heterocycles. The summed E-state index contributed by atoms with van der Waals surface area (Å²) in [5, 5.41) is 1.24. The third kappa shape index (κ3) is 2.19. The lowest BCUT2D eigenvalue weighted by Crippen LogP contribution is -2.21. The minimum absolute atomic E-state index is 0.333. The molecule has 1 unspecified atom stereocenters. The van der Waals surface area contributed by atoms with Gasteiger partial charge in [-0.15, -0.1) is 0 Å². The van der Waals surface area contributed by atoms with E-state index in [1.165, 1.54) is 16.5 Å². The van der Waals surface area contributed by atoms with Crippen LogP contribution in [0.5, 0.6) is 0 Å². The predicted molar refractivity (Wildman–Crippen MR) is 86.5 cm³/mol. The van der Waals surface area contributed by atoms with Crippen LogP contribution in [0.3, 0.4) is 0 Å². The summed E-state index contributed by atoms with van der Waals surface area (Å²) in [5.74, 6) is 0. The van der Waals surface area contributed by atoms with Gasteiger partial charge >= 0.3 is 0 Å². The molecule has 1 aliphatic rings. The van der Waals surface area contributed by atoms with Gasteiger partial charge in [-0.1, -0.05) is 6.08 Å². The fourth-order valence-corrected chi connectivity index (χ4v) is 3.70. The van der Waals surface area contributed by atoms with Gasteiger partial charge in [0.05, 0.1) is 0 Å². The number of nitrogens with zero attached hydrogens (tertiary/aromatic N) is 2. The molecule has 2 heterocycles. The molecule has 1 atom stereocenters. The van der Waals surface area contributed by atoms with Crippen molar-refractivity contribution < 1.29 is 0 Å². The summed E-state index contributed by atoms with van der Waals surface area (Å²) in [6, 6.07) is 4.48. The van der Waals surface area contributed by atoms with Gasteiger partial charge < -0.3 is 5.73 Å². The molecule has 0 amide bonds. The van der Waals surface area contributed by atoms with Crippen LogP contribution in [0.1, 0.15) is 24.8 Å². The van der Waals surface area contributed by atoms with Crippen LogP contribution < -0.4 is 5.73 Å². The number of aromatic nitrogens is 2. The van der Waals surface area contributed by atoms with Gasteiger partial charge in [-0.25, -0.2) is 4.98 Å². The van der Waals surface area contributed by atoms with Crippen molar-refractivity contribution in [2.45, 2.75) is 25.3 Å². The molecular weight excluding hydrogens is 357 g/mol. The van der Waals surface area contributed by atoms with Crippen LogP contribution in [0, 0.1) is 0 Å². The van der Waals surface area contributed by atoms with E-state index in [1.807, 2.05) is 12.3 Å². The van der Waals surface area contributed by atoms with Gasteiger partial charge in [0, 0.05) is 59.7 Å². The summed E-state index contributed by atoms with van der Waals surface area (Å²) in [6.45, 7) is 0. The molecule has 3 nitrogen and oxygen atoms in total. The van der Waals surface area contributed by atoms with Crippen LogP contribution >= 0.6 is 30.3 Å². The predicted octanol–water partition coefficient (Wildman–Crippen LogP) is 3.78. The van der Waals surface area contributed by atoms with Crippen LogP contribution in [0.25, 0.3) is 16.6 Å². The maximum absolute atomic E-state index is 5.95. The van der Waals surface area contributed by atoms with Crippen molar-refractivity contribution in [1.82, 2.24) is 8.96 Å². The Balaban J connectivity index is 2.12. The van der Waals surface area contributed by atoms with Gasteiger partial charge in [-0.2, -0.15) is 0 Å². The first-order valence-corrected chi connectivity index (χ1v) is 9.31. The van der Waals surface area contributed by atoms with Crippen LogP contribution in [0.15, 0.2) is 30.6 Å². The van der Waals surface area contributed by atoms with Crippen molar-refractivity contribution in [3.8, 4) is 0 Å². The first-order chi connectivity index (χ1) is 8.79. The van der Waals surface area contributed by atoms with Crippen LogP contribution in [-0.4, -0.2) is 15.0 Å². The Morgan fingerprint density at radius 1 is 1.50 bits per heavy atom. The Kier molecular flexibility index (Phi) is 3.63. The number of halogens is 1. The second-order valence-corrected chi connectivity index (χ2v) is 6.29. The fraction of sp³-hybridized carbons (Fsp3) is 0.308. The van der Waals surface area contributed by atoms with Gasteiger partial charge in [0.15, 0.2) is 5.65 Å². The molecule has 3 rings (SSSR count). The van der Waals surface area contributed by atoms with Crippen LogP contribution in [-0.2, 0) is 0 Å². The number of pyridine rings is 1. The molecule has 2 N–H and O–H groups in total. The molecule has 0 bridgehead atoms. The SMILES string of the molecule is NC1CC=C(c2cn(SI)c3ncccc23)CC1. The quantitative estimate of drug-likeness (QED) is 0.818. The van der Waals surface area contributed by atoms with Crippen molar-refractivity contribution in [3.05, 3.63) is 36.2 Å². The van der Waals surface area contributed by atoms with Crippen LogP contribution in [0.4, 0.5) is 0 Å². The second kappa shape index (κ2) is 5.22. The highest BCUT2D eigenvalue weighted by atomic mass is 127. The molecule has 5 heteroatoms. The summed E-state index contributed by atoms with van der Waals surface area (Å²) < 4.78 is 2.13. The van der Waals surface area contributed by atoms with Gasteiger partial charge in [-0.3, -0.25) is 3.97 Å². The number of nitrogens with two attached hydrogens (primary N) is 1. The van der Waals surface area contributed by atoms with E-state index in [0.29, 0.717) is 6.04 Å². The molecule has 0 fully saturated rings. The summed E-state index contributed by atoms with van der Waals surface area (Å²) in [4.78, 5) is 4.47. The van der Waals surface area contributed by atoms with Crippen molar-refractivity contribution in [2.24, 2.45) is 5.73 Å². The van der Waals surface area contributed by atoms with Crippen molar-refractivity contribution in [3.63, 3.8) is 0 Å². The molecule has 0 saturated carbocycles. The Morgan fingerprint density at radius 3 is 3.11 bits per heavy atom. The highest BCUT2D eigenvalue weighted by Gasteiger charge is 2.16. The lowest BCUT2D eigenvalue weighted by atomic mass is 9.91. The minimum Gasteiger partial charge on any atom is -0.327 e. The van der Waals surface area contributed by atoms with Gasteiger partial charge in [0.25, 0.3) is 0 Å². The van der Waals surface area contributed by atoms with Gasteiger partial charge in [0.1, 0.15) is 0 Å². The van der Waals surface area contributed by atoms with Gasteiger partial charge in [-0.05, 0) is 37.0 Å². The fourth-order valence-electron chi connectivity index (χ4n) is 2.44. The van der Waals surface area contributed by atoms with Gasteiger partial charge in [0.2, 0.25) is 0 Å². The second-order valence-electron chi connectivity index (χ2n) is 4.58. The van der Waals surface area contributed by atoms with E-state index in [4.69, 9.17) is 5.73 Å². The third-order valence-corrected chi connectivity index (χ3v) is 5.10. The molecule has 1 aliphatic carbocycles. The van der Waals surface area contributed by atoms with E-state index >= 15 is 0 Å². The zero-order valence-electron chi connectivity index (χ0n) is 9.84. The highest BCUT2D eigenvalue weighted by Crippen LogP contribution is 2.34. The third-order valence-electron chi connectivity index (χ3n) is 3.40. The van der Waals surface area contributed by atoms with E-state index in [2.05, 4.69) is 48.5 Å². The van der Waals surface area contributed by atoms with E-state index in [1.54, 1.807) is 9.12 Å². The monoisotopic (exact) mass is 371 g/mol. The van der Waals surface area contributed by atoms with Crippen molar-refractivity contribution >= 4 is 46.9 Å². The Labute approximate surface area is 123 Å². The van der Waals surface area contributed by atoms with E-state index in [9.17, 15) is 0 Å². The molecule has 2 aromatic rings. The number of hydrogen-bond donors (Lipinski definition) is 1. The first kappa shape index (κ1) is 12.5. The maximum atomic E-state index is 5.95. The number of allylic oxidation sites excluding steroid dienone is 1. The Bertz CT molecular complexity index is 605. The zero-order chi connectivity index (χ0) is 12.5. The number of hydrogen-bond acceptors (Lipinski definition) is 3. The average Bonchev–Trinajstić information content (AvgIpc) is 2.79. The largest absolute Gasteiger partial charge is 0.327 e. The highest BCUT2D eigenvalue weighted by molar-refractivity contribution is 14.2. The van der Waals surface area contributed by atoms with Crippen molar-refractivity contribution in [1.29, 1.82) is 0 Å². The van der Waals surface area contributed by atoms with Crippen LogP contribution in [0.2, 0.25) is 0 Å². The first-order valence-electron chi connectivity index (χ1n) is 5.99. The molecule has 0 radical (unpaired) electrons. The summed E-state index contributed by atoms with van der Waals surface area (Å²) in [7, 11) is 1.66. The average molecular weight is 371 g/mol. The number of fused-ring (bicyclic) bond motifs is 1. The van der Waals surface area contributed by atoms with E-state index in [0.717, 1.165) is 24.9 Å². The lowest BCUT2D eigenvalue weighted by Gasteiger charge is -2.17. The molecule has 0 spiro atoms. The lowest BCUT2D eigenvalue weighted by molar-refractivity contribution is 0.615. The molecular formula is C13H14IN3S. The topological polar surface area (TPSA) is 43.8 Å². The Hall–Kier alpha value is -0.530. The number of rotatable bonds is 2. The molecule has 0 aromatic carbocycles. The van der Waals surface area contributed by atoms with E-state index in [-0.39, 0.29) is 0 Å². The summed E-state index contributed by atoms with van der Waals surface area (Å²) >= 11 is 2.29. The molecule has 18 heavy (non-hydrogen) atoms. The summed E-state index contributed by atoms with van der Waals surface area (Å²) in [6.07, 6.45) is 9.47. The molecule has 2 aromatic heterocycles. The minimum atomic E-state index is 0.333. The standard InChI is InChI=1S/C13H14IN3S/c14-18-17-8-12(9-3-5-10(15)6-4-9)11-2-1-7-16-13(11)17/h1-3,7-8,10H,4-6,15H2. The Morgan fingerprint density at radius 2 is 2.39 bits per heavy atom. The summed E-state index contributed by atoms with van der Waals surface area (Å²) in [5.41, 5.74) is 9.73. The van der Waals surface area contributed by atoms with Crippen molar-refractivity contribution in [2.75, 3.05) is 0 Å². The normalized spacial score (nSPS) is 20.1. The van der Waals surface area contributed by atoms with E-state index < -0.39 is 0 Å². The maximum Gasteiger partial charge on any atom is 0.151 e. The molecule has 94 valence electrons.